The molecule has 0 aromatic heterocycles. The molecule has 0 fully saturated rings. The van der Waals surface area contributed by atoms with E-state index < -0.39 is 9.84 Å². The van der Waals surface area contributed by atoms with Gasteiger partial charge in [0.2, 0.25) is 0 Å². The first-order valence-corrected chi connectivity index (χ1v) is 8.35. The van der Waals surface area contributed by atoms with Crippen molar-refractivity contribution >= 4 is 9.84 Å². The zero-order valence-corrected chi connectivity index (χ0v) is 12.6. The van der Waals surface area contributed by atoms with Gasteiger partial charge in [0.15, 0.2) is 0 Å². The maximum Gasteiger partial charge on any atom is 0.150 e. The Morgan fingerprint density at radius 1 is 1.37 bits per heavy atom. The summed E-state index contributed by atoms with van der Waals surface area (Å²) >= 11 is 0. The fourth-order valence-electron chi connectivity index (χ4n) is 2.04. The number of sulfone groups is 1. The van der Waals surface area contributed by atoms with Crippen LogP contribution < -0.4 is 5.32 Å². The van der Waals surface area contributed by atoms with Gasteiger partial charge < -0.3 is 5.32 Å². The molecule has 0 saturated carbocycles. The van der Waals surface area contributed by atoms with Crippen LogP contribution in [0.25, 0.3) is 0 Å². The van der Waals surface area contributed by atoms with Crippen LogP contribution >= 0.6 is 0 Å². The second-order valence-electron chi connectivity index (χ2n) is 4.74. The molecular formula is C14H22FNO2S. The smallest absolute Gasteiger partial charge is 0.150 e. The second-order valence-corrected chi connectivity index (χ2v) is 7.22. The molecule has 0 radical (unpaired) electrons. The van der Waals surface area contributed by atoms with Gasteiger partial charge in [-0.05, 0) is 32.9 Å². The molecule has 1 rings (SSSR count). The van der Waals surface area contributed by atoms with Gasteiger partial charge in [0, 0.05) is 17.4 Å². The summed E-state index contributed by atoms with van der Waals surface area (Å²) in [6.07, 6.45) is 1.14. The Kier molecular flexibility index (Phi) is 5.94. The molecule has 1 N–H and O–H groups in total. The monoisotopic (exact) mass is 287 g/mol. The fourth-order valence-corrected chi connectivity index (χ4v) is 2.93. The quantitative estimate of drug-likeness (QED) is 0.838. The molecule has 0 bridgehead atoms. The van der Waals surface area contributed by atoms with Gasteiger partial charge >= 0.3 is 0 Å². The maximum absolute atomic E-state index is 13.8. The summed E-state index contributed by atoms with van der Waals surface area (Å²) in [7, 11) is -1.18. The van der Waals surface area contributed by atoms with E-state index in [-0.39, 0.29) is 23.4 Å². The topological polar surface area (TPSA) is 46.2 Å². The second kappa shape index (κ2) is 7.01. The van der Waals surface area contributed by atoms with Gasteiger partial charge in [-0.2, -0.15) is 0 Å². The number of benzene rings is 1. The van der Waals surface area contributed by atoms with Crippen molar-refractivity contribution in [2.24, 2.45) is 0 Å². The van der Waals surface area contributed by atoms with E-state index in [2.05, 4.69) is 5.32 Å². The van der Waals surface area contributed by atoms with E-state index in [1.807, 2.05) is 13.0 Å². The lowest BCUT2D eigenvalue weighted by atomic mass is 10.00. The van der Waals surface area contributed by atoms with E-state index >= 15 is 0 Å². The van der Waals surface area contributed by atoms with Crippen LogP contribution in [0.15, 0.2) is 18.2 Å². The van der Waals surface area contributed by atoms with Gasteiger partial charge in [-0.15, -0.1) is 0 Å². The number of aryl methyl sites for hydroxylation is 1. The van der Waals surface area contributed by atoms with E-state index in [0.717, 1.165) is 5.56 Å². The highest BCUT2D eigenvalue weighted by atomic mass is 32.2. The van der Waals surface area contributed by atoms with Gasteiger partial charge in [-0.3, -0.25) is 0 Å². The fraction of sp³-hybridized carbons (Fsp3) is 0.571. The Morgan fingerprint density at radius 3 is 2.63 bits per heavy atom. The number of halogens is 1. The Labute approximate surface area is 115 Å². The molecule has 1 atom stereocenters. The van der Waals surface area contributed by atoms with Crippen LogP contribution in [0.5, 0.6) is 0 Å². The van der Waals surface area contributed by atoms with E-state index in [0.29, 0.717) is 18.4 Å². The van der Waals surface area contributed by atoms with Gasteiger partial charge in [0.1, 0.15) is 15.7 Å². The van der Waals surface area contributed by atoms with Crippen LogP contribution in [-0.2, 0) is 9.84 Å². The molecule has 0 saturated heterocycles. The molecule has 1 aromatic carbocycles. The molecule has 0 amide bonds. The first kappa shape index (κ1) is 16.1. The molecule has 0 aliphatic carbocycles. The summed E-state index contributed by atoms with van der Waals surface area (Å²) in [6.45, 7) is 3.56. The Morgan fingerprint density at radius 2 is 2.05 bits per heavy atom. The van der Waals surface area contributed by atoms with Crippen molar-refractivity contribution in [1.29, 1.82) is 0 Å². The lowest BCUT2D eigenvalue weighted by Gasteiger charge is -2.17. The highest BCUT2D eigenvalue weighted by molar-refractivity contribution is 7.91. The lowest BCUT2D eigenvalue weighted by Crippen LogP contribution is -2.19. The number of rotatable bonds is 7. The van der Waals surface area contributed by atoms with E-state index in [1.54, 1.807) is 20.0 Å². The maximum atomic E-state index is 13.8. The van der Waals surface area contributed by atoms with Crippen LogP contribution in [0, 0.1) is 12.7 Å². The normalized spacial score (nSPS) is 13.5. The van der Waals surface area contributed by atoms with Crippen molar-refractivity contribution in [3.05, 3.63) is 35.1 Å². The summed E-state index contributed by atoms with van der Waals surface area (Å²) < 4.78 is 36.6. The number of hydrogen-bond donors (Lipinski definition) is 1. The minimum Gasteiger partial charge on any atom is -0.313 e. The molecule has 0 aliphatic heterocycles. The average Bonchev–Trinajstić information content (AvgIpc) is 2.38. The molecule has 5 heteroatoms. The van der Waals surface area contributed by atoms with E-state index in [9.17, 15) is 12.8 Å². The molecule has 0 spiro atoms. The molecule has 3 nitrogen and oxygen atoms in total. The van der Waals surface area contributed by atoms with Gasteiger partial charge in [0.25, 0.3) is 0 Å². The zero-order valence-electron chi connectivity index (χ0n) is 11.7. The molecular weight excluding hydrogens is 265 g/mol. The highest BCUT2D eigenvalue weighted by Gasteiger charge is 2.15. The lowest BCUT2D eigenvalue weighted by molar-refractivity contribution is 0.501. The summed E-state index contributed by atoms with van der Waals surface area (Å²) in [5.41, 5.74) is 1.61. The summed E-state index contributed by atoms with van der Waals surface area (Å²) in [6, 6.07) is 4.85. The van der Waals surface area contributed by atoms with Crippen LogP contribution in [0.2, 0.25) is 0 Å². The van der Waals surface area contributed by atoms with E-state index in [4.69, 9.17) is 0 Å². The molecule has 0 aliphatic rings. The first-order chi connectivity index (χ1) is 8.89. The van der Waals surface area contributed by atoms with Gasteiger partial charge in [-0.25, -0.2) is 12.8 Å². The Balaban J connectivity index is 2.71. The standard InChI is InChI=1S/C14H22FNO2S/c1-4-19(17,18)9-5-6-14(16-3)12-10-11(2)7-8-13(12)15/h7-8,10,14,16H,4-6,9H2,1-3H3. The van der Waals surface area contributed by atoms with Crippen molar-refractivity contribution in [3.8, 4) is 0 Å². The highest BCUT2D eigenvalue weighted by Crippen LogP contribution is 2.22. The number of nitrogens with one attached hydrogen (secondary N) is 1. The minimum atomic E-state index is -2.95. The summed E-state index contributed by atoms with van der Waals surface area (Å²) in [5, 5.41) is 3.06. The molecule has 19 heavy (non-hydrogen) atoms. The molecule has 108 valence electrons. The predicted molar refractivity (Wildman–Crippen MR) is 76.5 cm³/mol. The first-order valence-electron chi connectivity index (χ1n) is 6.53. The Hall–Kier alpha value is -0.940. The zero-order chi connectivity index (χ0) is 14.5. The van der Waals surface area contributed by atoms with Crippen LogP contribution in [0.1, 0.15) is 36.9 Å². The molecule has 0 heterocycles. The predicted octanol–water partition coefficient (Wildman–Crippen LogP) is 2.61. The van der Waals surface area contributed by atoms with Crippen molar-refractivity contribution in [3.63, 3.8) is 0 Å². The van der Waals surface area contributed by atoms with Crippen LogP contribution in [0.4, 0.5) is 4.39 Å². The third-order valence-electron chi connectivity index (χ3n) is 3.26. The third kappa shape index (κ3) is 4.91. The molecule has 1 aromatic rings. The van der Waals surface area contributed by atoms with Crippen molar-refractivity contribution in [2.75, 3.05) is 18.6 Å². The van der Waals surface area contributed by atoms with E-state index in [1.165, 1.54) is 6.07 Å². The van der Waals surface area contributed by atoms with Crippen molar-refractivity contribution in [2.45, 2.75) is 32.7 Å². The summed E-state index contributed by atoms with van der Waals surface area (Å²) in [4.78, 5) is 0. The van der Waals surface area contributed by atoms with Crippen molar-refractivity contribution in [1.82, 2.24) is 5.32 Å². The molecule has 1 unspecified atom stereocenters. The Bertz CT molecular complexity index is 514. The summed E-state index contributed by atoms with van der Waals surface area (Å²) in [5.74, 6) is 0.0776. The van der Waals surface area contributed by atoms with Crippen LogP contribution in [0.3, 0.4) is 0 Å². The van der Waals surface area contributed by atoms with Gasteiger partial charge in [0.05, 0.1) is 5.75 Å². The van der Waals surface area contributed by atoms with Crippen LogP contribution in [-0.4, -0.2) is 27.0 Å². The SMILES string of the molecule is CCS(=O)(=O)CCCC(NC)c1cc(C)ccc1F. The largest absolute Gasteiger partial charge is 0.313 e. The van der Waals surface area contributed by atoms with Gasteiger partial charge in [-0.1, -0.05) is 24.6 Å². The minimum absolute atomic E-state index is 0.146. The average molecular weight is 287 g/mol. The number of hydrogen-bond acceptors (Lipinski definition) is 3. The third-order valence-corrected chi connectivity index (χ3v) is 5.05. The van der Waals surface area contributed by atoms with Crippen molar-refractivity contribution < 1.29 is 12.8 Å².